The van der Waals surface area contributed by atoms with Crippen LogP contribution >= 0.6 is 0 Å². The zero-order chi connectivity index (χ0) is 19.5. The Kier molecular flexibility index (Phi) is 7.03. The van der Waals surface area contributed by atoms with Gasteiger partial charge in [0.15, 0.2) is 0 Å². The number of hydrogen-bond donors (Lipinski definition) is 3. The average Bonchev–Trinajstić information content (AvgIpc) is 2.27. The molecule has 6 nitrogen and oxygen atoms in total. The Morgan fingerprint density at radius 3 is 1.58 bits per heavy atom. The van der Waals surface area contributed by atoms with Crippen molar-refractivity contribution in [3.63, 3.8) is 0 Å². The minimum Gasteiger partial charge on any atom is -0.481 e. The van der Waals surface area contributed by atoms with Crippen LogP contribution in [0.3, 0.4) is 0 Å². The molecule has 24 heavy (non-hydrogen) atoms. The Balaban J connectivity index is 5.44. The molecule has 0 fully saturated rings. The van der Waals surface area contributed by atoms with Crippen molar-refractivity contribution in [3.8, 4) is 0 Å². The summed E-state index contributed by atoms with van der Waals surface area (Å²) in [6.07, 6.45) is -0.271. The second-order valence-corrected chi connectivity index (χ2v) is 9.56. The largest absolute Gasteiger partial charge is 0.481 e. The molecule has 0 aromatic carbocycles. The second-order valence-electron chi connectivity index (χ2n) is 9.56. The number of carbonyl (C=O) groups excluding carboxylic acids is 2. The number of nitrogens with one attached hydrogen (secondary N) is 2. The summed E-state index contributed by atoms with van der Waals surface area (Å²) in [5.41, 5.74) is -1.45. The van der Waals surface area contributed by atoms with Crippen molar-refractivity contribution in [2.75, 3.05) is 0 Å². The number of hydrogen-bond acceptors (Lipinski definition) is 3. The molecule has 0 aliphatic heterocycles. The standard InChI is InChI=1S/C18H34N2O4/c1-16(2,3)11(10-12(21)22)14(23)19-13(17(4,5)6)15(24)20-18(7,8)9/h11,13H,10H2,1-9H3,(H,19,23)(H,20,24)(H,21,22)/t11-,13?/m0/s1. The third-order valence-electron chi connectivity index (χ3n) is 3.65. The summed E-state index contributed by atoms with van der Waals surface area (Å²) in [4.78, 5) is 36.4. The summed E-state index contributed by atoms with van der Waals surface area (Å²) < 4.78 is 0. The molecule has 0 saturated heterocycles. The molecule has 2 amide bonds. The van der Waals surface area contributed by atoms with Crippen molar-refractivity contribution in [1.29, 1.82) is 0 Å². The molecule has 140 valence electrons. The molecule has 0 spiro atoms. The minimum atomic E-state index is -1.03. The molecule has 0 aliphatic rings. The molecule has 1 unspecified atom stereocenters. The highest BCUT2D eigenvalue weighted by Gasteiger charge is 2.39. The molecule has 0 aromatic heterocycles. The van der Waals surface area contributed by atoms with E-state index < -0.39 is 40.2 Å². The number of carboxylic acids is 1. The zero-order valence-electron chi connectivity index (χ0n) is 16.5. The van der Waals surface area contributed by atoms with Gasteiger partial charge in [-0.1, -0.05) is 41.5 Å². The predicted octanol–water partition coefficient (Wildman–Crippen LogP) is 2.57. The van der Waals surface area contributed by atoms with E-state index in [1.807, 2.05) is 62.3 Å². The number of carboxylic acid groups (broad SMARTS) is 1. The van der Waals surface area contributed by atoms with Crippen molar-refractivity contribution in [2.45, 2.75) is 80.3 Å². The Hall–Kier alpha value is -1.59. The van der Waals surface area contributed by atoms with Gasteiger partial charge in [0.2, 0.25) is 11.8 Å². The molecule has 0 bridgehead atoms. The molecule has 6 heteroatoms. The lowest BCUT2D eigenvalue weighted by Gasteiger charge is -2.36. The van der Waals surface area contributed by atoms with Gasteiger partial charge in [0.25, 0.3) is 0 Å². The monoisotopic (exact) mass is 342 g/mol. The zero-order valence-corrected chi connectivity index (χ0v) is 16.5. The van der Waals surface area contributed by atoms with Gasteiger partial charge in [-0.25, -0.2) is 0 Å². The summed E-state index contributed by atoms with van der Waals surface area (Å²) in [5.74, 6) is -2.43. The van der Waals surface area contributed by atoms with E-state index in [4.69, 9.17) is 5.11 Å². The van der Waals surface area contributed by atoms with Gasteiger partial charge in [-0.05, 0) is 31.6 Å². The number of rotatable bonds is 5. The highest BCUT2D eigenvalue weighted by atomic mass is 16.4. The summed E-state index contributed by atoms with van der Waals surface area (Å²) in [6.45, 7) is 16.7. The molecule has 0 heterocycles. The van der Waals surface area contributed by atoms with E-state index in [0.717, 1.165) is 0 Å². The number of carbonyl (C=O) groups is 3. The lowest BCUT2D eigenvalue weighted by Crippen LogP contribution is -2.58. The van der Waals surface area contributed by atoms with Crippen molar-refractivity contribution in [2.24, 2.45) is 16.7 Å². The molecule has 2 atom stereocenters. The average molecular weight is 342 g/mol. The van der Waals surface area contributed by atoms with Gasteiger partial charge in [-0.2, -0.15) is 0 Å². The minimum absolute atomic E-state index is 0.271. The van der Waals surface area contributed by atoms with Crippen LogP contribution in [-0.4, -0.2) is 34.5 Å². The molecule has 0 aliphatic carbocycles. The third-order valence-corrected chi connectivity index (χ3v) is 3.65. The predicted molar refractivity (Wildman–Crippen MR) is 94.5 cm³/mol. The fourth-order valence-electron chi connectivity index (χ4n) is 2.33. The fraction of sp³-hybridized carbons (Fsp3) is 0.833. The fourth-order valence-corrected chi connectivity index (χ4v) is 2.33. The molecule has 0 radical (unpaired) electrons. The maximum atomic E-state index is 12.7. The summed E-state index contributed by atoms with van der Waals surface area (Å²) in [7, 11) is 0. The van der Waals surface area contributed by atoms with Gasteiger partial charge >= 0.3 is 5.97 Å². The molecule has 0 aromatic rings. The van der Waals surface area contributed by atoms with Crippen molar-refractivity contribution < 1.29 is 19.5 Å². The Bertz CT molecular complexity index is 479. The van der Waals surface area contributed by atoms with Crippen LogP contribution in [0.2, 0.25) is 0 Å². The van der Waals surface area contributed by atoms with E-state index in [-0.39, 0.29) is 12.3 Å². The van der Waals surface area contributed by atoms with Crippen LogP contribution in [0.25, 0.3) is 0 Å². The van der Waals surface area contributed by atoms with Gasteiger partial charge in [-0.15, -0.1) is 0 Å². The molecular formula is C18H34N2O4. The first-order chi connectivity index (χ1) is 10.4. The molecule has 0 rings (SSSR count). The number of aliphatic carboxylic acids is 1. The second kappa shape index (κ2) is 7.53. The van der Waals surface area contributed by atoms with Gasteiger partial charge < -0.3 is 15.7 Å². The van der Waals surface area contributed by atoms with Crippen LogP contribution in [0.1, 0.15) is 68.7 Å². The van der Waals surface area contributed by atoms with Crippen LogP contribution in [0.15, 0.2) is 0 Å². The quantitative estimate of drug-likeness (QED) is 0.715. The van der Waals surface area contributed by atoms with Crippen molar-refractivity contribution in [3.05, 3.63) is 0 Å². The van der Waals surface area contributed by atoms with Crippen molar-refractivity contribution in [1.82, 2.24) is 10.6 Å². The summed E-state index contributed by atoms with van der Waals surface area (Å²) >= 11 is 0. The number of amides is 2. The van der Waals surface area contributed by atoms with Gasteiger partial charge in [0.05, 0.1) is 12.3 Å². The van der Waals surface area contributed by atoms with E-state index in [0.29, 0.717) is 0 Å². The Morgan fingerprint density at radius 2 is 1.29 bits per heavy atom. The molecule has 3 N–H and O–H groups in total. The Morgan fingerprint density at radius 1 is 0.833 bits per heavy atom. The first kappa shape index (κ1) is 22.4. The summed E-state index contributed by atoms with van der Waals surface area (Å²) in [6, 6.07) is -0.747. The van der Waals surface area contributed by atoms with Crippen molar-refractivity contribution >= 4 is 17.8 Å². The SMILES string of the molecule is CC(C)(C)NC(=O)C(NC(=O)[C@H](CC(=O)O)C(C)(C)C)C(C)(C)C. The van der Waals surface area contributed by atoms with E-state index in [1.165, 1.54) is 0 Å². The maximum absolute atomic E-state index is 12.7. The summed E-state index contributed by atoms with van der Waals surface area (Å²) in [5, 5.41) is 14.7. The highest BCUT2D eigenvalue weighted by molar-refractivity contribution is 5.91. The van der Waals surface area contributed by atoms with Crippen LogP contribution in [-0.2, 0) is 14.4 Å². The topological polar surface area (TPSA) is 95.5 Å². The first-order valence-electron chi connectivity index (χ1n) is 8.29. The van der Waals surface area contributed by atoms with Crippen LogP contribution < -0.4 is 10.6 Å². The first-order valence-corrected chi connectivity index (χ1v) is 8.29. The van der Waals surface area contributed by atoms with E-state index in [2.05, 4.69) is 10.6 Å². The normalized spacial score (nSPS) is 15.4. The van der Waals surface area contributed by atoms with Gasteiger partial charge in [-0.3, -0.25) is 14.4 Å². The maximum Gasteiger partial charge on any atom is 0.304 e. The van der Waals surface area contributed by atoms with E-state index in [9.17, 15) is 14.4 Å². The highest BCUT2D eigenvalue weighted by Crippen LogP contribution is 2.30. The smallest absolute Gasteiger partial charge is 0.304 e. The van der Waals surface area contributed by atoms with E-state index >= 15 is 0 Å². The van der Waals surface area contributed by atoms with Crippen LogP contribution in [0.4, 0.5) is 0 Å². The van der Waals surface area contributed by atoms with Gasteiger partial charge in [0.1, 0.15) is 6.04 Å². The van der Waals surface area contributed by atoms with Crippen LogP contribution in [0, 0.1) is 16.7 Å². The lowest BCUT2D eigenvalue weighted by molar-refractivity contribution is -0.144. The lowest BCUT2D eigenvalue weighted by atomic mass is 9.77. The molecular weight excluding hydrogens is 308 g/mol. The molecule has 0 saturated carbocycles. The Labute approximate surface area is 145 Å². The van der Waals surface area contributed by atoms with Gasteiger partial charge in [0, 0.05) is 5.54 Å². The van der Waals surface area contributed by atoms with Crippen LogP contribution in [0.5, 0.6) is 0 Å². The van der Waals surface area contributed by atoms with E-state index in [1.54, 1.807) is 0 Å². The third kappa shape index (κ3) is 7.79.